The minimum atomic E-state index is -4.47. The summed E-state index contributed by atoms with van der Waals surface area (Å²) in [5, 5.41) is 16.1. The zero-order valence-electron chi connectivity index (χ0n) is 21.4. The number of hydrogen-bond donors (Lipinski definition) is 4. The number of halogens is 3. The van der Waals surface area contributed by atoms with Crippen molar-refractivity contribution in [1.29, 1.82) is 5.41 Å². The van der Waals surface area contributed by atoms with Gasteiger partial charge in [-0.3, -0.25) is 20.3 Å². The van der Waals surface area contributed by atoms with Crippen LogP contribution in [0.1, 0.15) is 22.3 Å². The van der Waals surface area contributed by atoms with Crippen LogP contribution in [0, 0.1) is 5.41 Å². The first kappa shape index (κ1) is 29.0. The molecule has 0 fully saturated rings. The number of alkyl halides is 3. The number of benzene rings is 3. The van der Waals surface area contributed by atoms with Crippen LogP contribution in [0.3, 0.4) is 0 Å². The van der Waals surface area contributed by atoms with Crippen molar-refractivity contribution in [2.45, 2.75) is 31.6 Å². The molecule has 0 aromatic heterocycles. The molecule has 3 aromatic carbocycles. The smallest absolute Gasteiger partial charge is 0.416 e. The Morgan fingerprint density at radius 3 is 2.13 bits per heavy atom. The SMILES string of the molecule is COc1ccc(CNC(=O)[C@@H](Cc2ccccc2)NC(=N)NC(=O)Cc2ccc(C(F)(F)F)cc2)cc1OC. The van der Waals surface area contributed by atoms with Gasteiger partial charge in [0, 0.05) is 13.0 Å². The lowest BCUT2D eigenvalue weighted by molar-refractivity contribution is -0.137. The highest BCUT2D eigenvalue weighted by Gasteiger charge is 2.30. The van der Waals surface area contributed by atoms with Gasteiger partial charge < -0.3 is 20.1 Å². The number of ether oxygens (including phenoxy) is 2. The van der Waals surface area contributed by atoms with Crippen molar-refractivity contribution in [1.82, 2.24) is 16.0 Å². The summed E-state index contributed by atoms with van der Waals surface area (Å²) in [6, 6.07) is 17.7. The summed E-state index contributed by atoms with van der Waals surface area (Å²) < 4.78 is 48.8. The van der Waals surface area contributed by atoms with E-state index in [4.69, 9.17) is 14.9 Å². The average molecular weight is 543 g/mol. The van der Waals surface area contributed by atoms with Crippen molar-refractivity contribution in [3.63, 3.8) is 0 Å². The van der Waals surface area contributed by atoms with Gasteiger partial charge in [-0.2, -0.15) is 13.2 Å². The zero-order valence-corrected chi connectivity index (χ0v) is 21.4. The van der Waals surface area contributed by atoms with Gasteiger partial charge in [-0.05, 0) is 41.0 Å². The van der Waals surface area contributed by atoms with Gasteiger partial charge in [0.1, 0.15) is 6.04 Å². The third kappa shape index (κ3) is 8.77. The van der Waals surface area contributed by atoms with E-state index < -0.39 is 35.6 Å². The Balaban J connectivity index is 1.63. The van der Waals surface area contributed by atoms with Gasteiger partial charge in [0.25, 0.3) is 0 Å². The first-order chi connectivity index (χ1) is 18.6. The summed E-state index contributed by atoms with van der Waals surface area (Å²) >= 11 is 0. The molecule has 4 N–H and O–H groups in total. The Bertz CT molecular complexity index is 1280. The fourth-order valence-corrected chi connectivity index (χ4v) is 3.75. The molecule has 0 unspecified atom stereocenters. The van der Waals surface area contributed by atoms with Crippen molar-refractivity contribution in [2.24, 2.45) is 0 Å². The molecule has 8 nitrogen and oxygen atoms in total. The van der Waals surface area contributed by atoms with Gasteiger partial charge in [-0.1, -0.05) is 48.5 Å². The van der Waals surface area contributed by atoms with Crippen LogP contribution in [0.2, 0.25) is 0 Å². The minimum absolute atomic E-state index is 0.180. The Hall–Kier alpha value is -4.54. The van der Waals surface area contributed by atoms with Crippen molar-refractivity contribution in [3.05, 3.63) is 95.1 Å². The number of nitrogens with one attached hydrogen (secondary N) is 4. The standard InChI is InChI=1S/C28H29F3N4O4/c1-38-23-13-10-20(15-24(23)39-2)17-33-26(37)22(14-18-6-4-3-5-7-18)34-27(32)35-25(36)16-19-8-11-21(12-9-19)28(29,30)31/h3-13,15,22H,14,16-17H2,1-2H3,(H,33,37)(H3,32,34,35,36)/t22-/m1/s1. The highest BCUT2D eigenvalue weighted by Crippen LogP contribution is 2.29. The molecule has 0 spiro atoms. The molecule has 0 saturated carbocycles. The molecule has 0 aliphatic rings. The summed E-state index contributed by atoms with van der Waals surface area (Å²) in [6.45, 7) is 0.180. The Morgan fingerprint density at radius 2 is 1.51 bits per heavy atom. The van der Waals surface area contributed by atoms with Crippen molar-refractivity contribution in [3.8, 4) is 11.5 Å². The van der Waals surface area contributed by atoms with Crippen LogP contribution < -0.4 is 25.4 Å². The molecule has 0 saturated heterocycles. The van der Waals surface area contributed by atoms with E-state index in [1.807, 2.05) is 30.3 Å². The van der Waals surface area contributed by atoms with Crippen LogP contribution >= 0.6 is 0 Å². The summed E-state index contributed by atoms with van der Waals surface area (Å²) in [5.74, 6) is -0.363. The number of methoxy groups -OCH3 is 2. The quantitative estimate of drug-likeness (QED) is 0.230. The van der Waals surface area contributed by atoms with Crippen molar-refractivity contribution < 1.29 is 32.2 Å². The lowest BCUT2D eigenvalue weighted by Gasteiger charge is -2.20. The van der Waals surface area contributed by atoms with Crippen LogP contribution in [0.25, 0.3) is 0 Å². The summed E-state index contributed by atoms with van der Waals surface area (Å²) in [7, 11) is 3.04. The maximum atomic E-state index is 13.1. The van der Waals surface area contributed by atoms with E-state index in [1.54, 1.807) is 18.2 Å². The van der Waals surface area contributed by atoms with Gasteiger partial charge >= 0.3 is 6.18 Å². The van der Waals surface area contributed by atoms with Crippen molar-refractivity contribution >= 4 is 17.8 Å². The molecule has 1 atom stereocenters. The lowest BCUT2D eigenvalue weighted by atomic mass is 10.1. The Morgan fingerprint density at radius 1 is 0.872 bits per heavy atom. The lowest BCUT2D eigenvalue weighted by Crippen LogP contribution is -2.52. The number of hydrogen-bond acceptors (Lipinski definition) is 5. The molecule has 11 heteroatoms. The average Bonchev–Trinajstić information content (AvgIpc) is 2.91. The second-order valence-electron chi connectivity index (χ2n) is 8.59. The number of carbonyl (C=O) groups excluding carboxylic acids is 2. The largest absolute Gasteiger partial charge is 0.493 e. The van der Waals surface area contributed by atoms with Crippen molar-refractivity contribution in [2.75, 3.05) is 14.2 Å². The maximum absolute atomic E-state index is 13.1. The molecule has 0 radical (unpaired) electrons. The molecule has 39 heavy (non-hydrogen) atoms. The van der Waals surface area contributed by atoms with Gasteiger partial charge in [0.2, 0.25) is 11.8 Å². The number of guanidine groups is 1. The number of rotatable bonds is 10. The van der Waals surface area contributed by atoms with E-state index in [0.29, 0.717) is 17.1 Å². The molecular weight excluding hydrogens is 513 g/mol. The normalized spacial score (nSPS) is 11.7. The highest BCUT2D eigenvalue weighted by molar-refractivity contribution is 5.98. The second-order valence-corrected chi connectivity index (χ2v) is 8.59. The monoisotopic (exact) mass is 542 g/mol. The second kappa shape index (κ2) is 13.3. The summed E-state index contributed by atoms with van der Waals surface area (Å²) in [5.41, 5.74) is 1.13. The first-order valence-corrected chi connectivity index (χ1v) is 11.9. The molecule has 2 amide bonds. The molecular formula is C28H29F3N4O4. The van der Waals surface area contributed by atoms with E-state index in [1.165, 1.54) is 26.4 Å². The highest BCUT2D eigenvalue weighted by atomic mass is 19.4. The van der Waals surface area contributed by atoms with Gasteiger partial charge in [0.15, 0.2) is 17.5 Å². The first-order valence-electron chi connectivity index (χ1n) is 11.9. The predicted octanol–water partition coefficient (Wildman–Crippen LogP) is 3.83. The molecule has 3 rings (SSSR count). The Kier molecular flexibility index (Phi) is 9.91. The molecule has 0 aliphatic carbocycles. The van der Waals surface area contributed by atoms with E-state index in [0.717, 1.165) is 23.3 Å². The fraction of sp³-hybridized carbons (Fsp3) is 0.250. The summed E-state index contributed by atoms with van der Waals surface area (Å²) in [4.78, 5) is 25.5. The zero-order chi connectivity index (χ0) is 28.4. The van der Waals surface area contributed by atoms with Crippen LogP contribution in [-0.2, 0) is 35.2 Å². The Labute approximate surface area is 224 Å². The molecule has 0 bridgehead atoms. The van der Waals surface area contributed by atoms with Crippen LogP contribution in [0.5, 0.6) is 11.5 Å². The van der Waals surface area contributed by atoms with E-state index >= 15 is 0 Å². The van der Waals surface area contributed by atoms with Gasteiger partial charge in [-0.25, -0.2) is 0 Å². The molecule has 206 valence electrons. The van der Waals surface area contributed by atoms with E-state index in [9.17, 15) is 22.8 Å². The van der Waals surface area contributed by atoms with Crippen LogP contribution in [0.4, 0.5) is 13.2 Å². The molecule has 0 heterocycles. The van der Waals surface area contributed by atoms with E-state index in [2.05, 4.69) is 16.0 Å². The minimum Gasteiger partial charge on any atom is -0.493 e. The van der Waals surface area contributed by atoms with Gasteiger partial charge in [-0.15, -0.1) is 0 Å². The van der Waals surface area contributed by atoms with Crippen LogP contribution in [0.15, 0.2) is 72.8 Å². The molecule has 0 aliphatic heterocycles. The fourth-order valence-electron chi connectivity index (χ4n) is 3.75. The number of amides is 2. The maximum Gasteiger partial charge on any atom is 0.416 e. The third-order valence-electron chi connectivity index (χ3n) is 5.74. The number of carbonyl (C=O) groups is 2. The third-order valence-corrected chi connectivity index (χ3v) is 5.74. The molecule has 3 aromatic rings. The van der Waals surface area contributed by atoms with Gasteiger partial charge in [0.05, 0.1) is 26.2 Å². The predicted molar refractivity (Wildman–Crippen MR) is 139 cm³/mol. The van der Waals surface area contributed by atoms with E-state index in [-0.39, 0.29) is 19.4 Å². The summed E-state index contributed by atoms with van der Waals surface area (Å²) in [6.07, 6.45) is -4.48. The topological polar surface area (TPSA) is 113 Å². The van der Waals surface area contributed by atoms with Crippen LogP contribution in [-0.4, -0.2) is 38.0 Å².